The van der Waals surface area contributed by atoms with Crippen molar-refractivity contribution in [3.05, 3.63) is 28.7 Å². The van der Waals surface area contributed by atoms with E-state index in [0.717, 1.165) is 23.2 Å². The molecule has 0 aromatic heterocycles. The van der Waals surface area contributed by atoms with Crippen LogP contribution in [0.5, 0.6) is 0 Å². The zero-order chi connectivity index (χ0) is 14.3. The number of thioether (sulfide) groups is 1. The third-order valence-corrected chi connectivity index (χ3v) is 4.43. The van der Waals surface area contributed by atoms with Gasteiger partial charge in [-0.3, -0.25) is 4.79 Å². The normalized spacial score (nSPS) is 13.9. The van der Waals surface area contributed by atoms with Crippen LogP contribution in [0.2, 0.25) is 0 Å². The zero-order valence-corrected chi connectivity index (χ0v) is 13.9. The van der Waals surface area contributed by atoms with Gasteiger partial charge in [-0.15, -0.1) is 11.8 Å². The number of benzene rings is 1. The molecule has 0 aliphatic heterocycles. The summed E-state index contributed by atoms with van der Waals surface area (Å²) in [6.07, 6.45) is 0.730. The van der Waals surface area contributed by atoms with Crippen molar-refractivity contribution in [2.45, 2.75) is 30.7 Å². The molecule has 1 N–H and O–H groups in total. The molecule has 0 amide bonds. The minimum Gasteiger partial charge on any atom is -0.468 e. The summed E-state index contributed by atoms with van der Waals surface area (Å²) < 4.78 is 5.94. The topological polar surface area (TPSA) is 38.3 Å². The highest BCUT2D eigenvalue weighted by molar-refractivity contribution is 9.10. The van der Waals surface area contributed by atoms with Gasteiger partial charge < -0.3 is 10.1 Å². The zero-order valence-electron chi connectivity index (χ0n) is 11.5. The van der Waals surface area contributed by atoms with Crippen LogP contribution < -0.4 is 5.32 Å². The van der Waals surface area contributed by atoms with E-state index in [-0.39, 0.29) is 5.97 Å². The summed E-state index contributed by atoms with van der Waals surface area (Å²) in [4.78, 5) is 13.0. The summed E-state index contributed by atoms with van der Waals surface area (Å²) in [7, 11) is 1.43. The van der Waals surface area contributed by atoms with E-state index in [1.54, 1.807) is 11.8 Å². The summed E-state index contributed by atoms with van der Waals surface area (Å²) in [6, 6.07) is 8.17. The lowest BCUT2D eigenvalue weighted by Crippen LogP contribution is -2.50. The standard InChI is InChI=1S/C14H20BrNO2S/c1-4-16-14(2,13(17)18-3)9-10-19-12-7-5-11(15)6-8-12/h5-8,16H,4,9-10H2,1-3H3. The number of esters is 1. The fourth-order valence-corrected chi connectivity index (χ4v) is 3.12. The summed E-state index contributed by atoms with van der Waals surface area (Å²) in [5, 5.41) is 3.21. The first-order valence-corrected chi connectivity index (χ1v) is 8.01. The van der Waals surface area contributed by atoms with Gasteiger partial charge in [0.25, 0.3) is 0 Å². The average Bonchev–Trinajstić information content (AvgIpc) is 2.40. The molecule has 5 heteroatoms. The van der Waals surface area contributed by atoms with Gasteiger partial charge in [0.2, 0.25) is 0 Å². The molecule has 1 atom stereocenters. The minimum absolute atomic E-state index is 0.203. The Hall–Kier alpha value is -0.520. The van der Waals surface area contributed by atoms with E-state index in [2.05, 4.69) is 33.4 Å². The highest BCUT2D eigenvalue weighted by Gasteiger charge is 2.32. The highest BCUT2D eigenvalue weighted by Crippen LogP contribution is 2.24. The molecule has 0 radical (unpaired) electrons. The van der Waals surface area contributed by atoms with Crippen molar-refractivity contribution >= 4 is 33.7 Å². The first-order valence-electron chi connectivity index (χ1n) is 6.23. The number of nitrogens with one attached hydrogen (secondary N) is 1. The molecule has 106 valence electrons. The predicted octanol–water partition coefficient (Wildman–Crippen LogP) is 3.47. The van der Waals surface area contributed by atoms with Crippen LogP contribution in [0.3, 0.4) is 0 Å². The predicted molar refractivity (Wildman–Crippen MR) is 83.6 cm³/mol. The van der Waals surface area contributed by atoms with E-state index < -0.39 is 5.54 Å². The van der Waals surface area contributed by atoms with Gasteiger partial charge in [0, 0.05) is 15.1 Å². The second-order valence-electron chi connectivity index (χ2n) is 4.41. The van der Waals surface area contributed by atoms with Crippen molar-refractivity contribution in [3.8, 4) is 0 Å². The van der Waals surface area contributed by atoms with Gasteiger partial charge in [0.15, 0.2) is 0 Å². The van der Waals surface area contributed by atoms with Gasteiger partial charge in [-0.1, -0.05) is 22.9 Å². The quantitative estimate of drug-likeness (QED) is 0.606. The first kappa shape index (κ1) is 16.5. The molecule has 0 spiro atoms. The van der Waals surface area contributed by atoms with Crippen molar-refractivity contribution in [1.82, 2.24) is 5.32 Å². The summed E-state index contributed by atoms with van der Waals surface area (Å²) in [5.41, 5.74) is -0.605. The first-order chi connectivity index (χ1) is 9.01. The van der Waals surface area contributed by atoms with Crippen LogP contribution in [0.4, 0.5) is 0 Å². The molecule has 1 rings (SSSR count). The number of halogens is 1. The molecule has 0 fully saturated rings. The molecule has 0 saturated carbocycles. The number of ether oxygens (including phenoxy) is 1. The van der Waals surface area contributed by atoms with Gasteiger partial charge in [-0.2, -0.15) is 0 Å². The largest absolute Gasteiger partial charge is 0.468 e. The Morgan fingerprint density at radius 3 is 2.58 bits per heavy atom. The van der Waals surface area contributed by atoms with Crippen LogP contribution >= 0.6 is 27.7 Å². The highest BCUT2D eigenvalue weighted by atomic mass is 79.9. The van der Waals surface area contributed by atoms with Crippen molar-refractivity contribution in [1.29, 1.82) is 0 Å². The van der Waals surface area contributed by atoms with E-state index in [4.69, 9.17) is 4.74 Å². The molecule has 1 aromatic carbocycles. The number of hydrogen-bond acceptors (Lipinski definition) is 4. The number of hydrogen-bond donors (Lipinski definition) is 1. The van der Waals surface area contributed by atoms with Crippen LogP contribution in [0.25, 0.3) is 0 Å². The number of carbonyl (C=O) groups is 1. The number of likely N-dealkylation sites (N-methyl/N-ethyl adjacent to an activating group) is 1. The molecule has 0 aliphatic carbocycles. The summed E-state index contributed by atoms with van der Waals surface area (Å²) >= 11 is 5.16. The Bertz CT molecular complexity index is 410. The molecule has 0 bridgehead atoms. The van der Waals surface area contributed by atoms with Crippen molar-refractivity contribution in [2.75, 3.05) is 19.4 Å². The second kappa shape index (κ2) is 7.92. The van der Waals surface area contributed by atoms with Crippen LogP contribution in [-0.4, -0.2) is 30.9 Å². The van der Waals surface area contributed by atoms with Crippen LogP contribution in [-0.2, 0) is 9.53 Å². The fourth-order valence-electron chi connectivity index (χ4n) is 1.78. The van der Waals surface area contributed by atoms with E-state index in [1.807, 2.05) is 26.0 Å². The maximum absolute atomic E-state index is 11.8. The van der Waals surface area contributed by atoms with Gasteiger partial charge in [0.1, 0.15) is 5.54 Å². The molecule has 1 unspecified atom stereocenters. The molecular formula is C14H20BrNO2S. The number of rotatable bonds is 7. The van der Waals surface area contributed by atoms with E-state index in [1.165, 1.54) is 12.0 Å². The van der Waals surface area contributed by atoms with Gasteiger partial charge in [-0.05, 0) is 44.2 Å². The SMILES string of the molecule is CCNC(C)(CCSc1ccc(Br)cc1)C(=O)OC. The smallest absolute Gasteiger partial charge is 0.325 e. The Balaban J connectivity index is 2.52. The molecular weight excluding hydrogens is 326 g/mol. The van der Waals surface area contributed by atoms with Gasteiger partial charge >= 0.3 is 5.97 Å². The Morgan fingerprint density at radius 1 is 1.42 bits per heavy atom. The van der Waals surface area contributed by atoms with Gasteiger partial charge in [0.05, 0.1) is 7.11 Å². The van der Waals surface area contributed by atoms with Crippen LogP contribution in [0.1, 0.15) is 20.3 Å². The molecule has 3 nitrogen and oxygen atoms in total. The number of carbonyl (C=O) groups excluding carboxylic acids is 1. The minimum atomic E-state index is -0.605. The van der Waals surface area contributed by atoms with E-state index in [0.29, 0.717) is 0 Å². The van der Waals surface area contributed by atoms with Crippen LogP contribution in [0.15, 0.2) is 33.6 Å². The summed E-state index contributed by atoms with van der Waals surface area (Å²) in [6.45, 7) is 4.63. The van der Waals surface area contributed by atoms with Gasteiger partial charge in [-0.25, -0.2) is 0 Å². The average molecular weight is 346 g/mol. The molecule has 0 saturated heterocycles. The van der Waals surface area contributed by atoms with Crippen molar-refractivity contribution in [2.24, 2.45) is 0 Å². The second-order valence-corrected chi connectivity index (χ2v) is 6.49. The third-order valence-electron chi connectivity index (χ3n) is 2.89. The molecule has 0 aliphatic rings. The van der Waals surface area contributed by atoms with Crippen molar-refractivity contribution in [3.63, 3.8) is 0 Å². The molecule has 19 heavy (non-hydrogen) atoms. The Labute approximate surface area is 127 Å². The monoisotopic (exact) mass is 345 g/mol. The van der Waals surface area contributed by atoms with Crippen molar-refractivity contribution < 1.29 is 9.53 Å². The lowest BCUT2D eigenvalue weighted by atomic mass is 9.99. The maximum atomic E-state index is 11.8. The fraction of sp³-hybridized carbons (Fsp3) is 0.500. The third kappa shape index (κ3) is 5.16. The van der Waals surface area contributed by atoms with Crippen LogP contribution in [0, 0.1) is 0 Å². The van der Waals surface area contributed by atoms with E-state index >= 15 is 0 Å². The Morgan fingerprint density at radius 2 is 2.05 bits per heavy atom. The molecule has 1 aromatic rings. The number of methoxy groups -OCH3 is 1. The maximum Gasteiger partial charge on any atom is 0.325 e. The molecule has 0 heterocycles. The van der Waals surface area contributed by atoms with E-state index in [9.17, 15) is 4.79 Å². The Kier molecular flexibility index (Phi) is 6.89. The summed E-state index contributed by atoms with van der Waals surface area (Å²) in [5.74, 6) is 0.658. The lowest BCUT2D eigenvalue weighted by Gasteiger charge is -2.27. The lowest BCUT2D eigenvalue weighted by molar-refractivity contribution is -0.147.